The number of rotatable bonds is 5. The molecule has 0 aromatic heterocycles. The van der Waals surface area contributed by atoms with Gasteiger partial charge < -0.3 is 16.5 Å². The first kappa shape index (κ1) is 12.4. The number of allylic oxidation sites excluding steroid dienone is 3. The SMILES string of the molecule is C=C(CF)N/C=C(N)\C=C(\C)C(C)=N. The van der Waals surface area contributed by atoms with Crippen molar-refractivity contribution in [3.8, 4) is 0 Å². The zero-order chi connectivity index (χ0) is 11.1. The molecule has 0 radical (unpaired) electrons. The molecule has 0 saturated carbocycles. The lowest BCUT2D eigenvalue weighted by molar-refractivity contribution is 0.531. The summed E-state index contributed by atoms with van der Waals surface area (Å²) in [5.74, 6) is 0. The number of nitrogens with two attached hydrogens (primary N) is 1. The Morgan fingerprint density at radius 1 is 1.57 bits per heavy atom. The van der Waals surface area contributed by atoms with Gasteiger partial charge in [-0.3, -0.25) is 0 Å². The van der Waals surface area contributed by atoms with Gasteiger partial charge in [0.1, 0.15) is 6.67 Å². The lowest BCUT2D eigenvalue weighted by atomic mass is 10.2. The molecule has 0 unspecified atom stereocenters. The van der Waals surface area contributed by atoms with Crippen LogP contribution in [0.15, 0.2) is 35.8 Å². The molecule has 0 spiro atoms. The van der Waals surface area contributed by atoms with Gasteiger partial charge in [-0.05, 0) is 25.5 Å². The van der Waals surface area contributed by atoms with Crippen LogP contribution in [0.5, 0.6) is 0 Å². The van der Waals surface area contributed by atoms with Crippen LogP contribution in [-0.2, 0) is 0 Å². The molecule has 0 aliphatic rings. The second-order valence-corrected chi connectivity index (χ2v) is 2.98. The van der Waals surface area contributed by atoms with Crippen molar-refractivity contribution in [2.45, 2.75) is 13.8 Å². The van der Waals surface area contributed by atoms with Gasteiger partial charge in [-0.1, -0.05) is 6.58 Å². The van der Waals surface area contributed by atoms with Crippen molar-refractivity contribution in [3.05, 3.63) is 35.8 Å². The van der Waals surface area contributed by atoms with Crippen molar-refractivity contribution in [2.24, 2.45) is 5.73 Å². The summed E-state index contributed by atoms with van der Waals surface area (Å²) in [4.78, 5) is 0. The molecule has 0 fully saturated rings. The molecule has 0 amide bonds. The Morgan fingerprint density at radius 2 is 2.14 bits per heavy atom. The summed E-state index contributed by atoms with van der Waals surface area (Å²) in [6, 6.07) is 0. The predicted octanol–water partition coefficient (Wildman–Crippen LogP) is 1.85. The quantitative estimate of drug-likeness (QED) is 0.465. The number of halogens is 1. The average Bonchev–Trinajstić information content (AvgIpc) is 2.13. The fraction of sp³-hybridized carbons (Fsp3) is 0.300. The minimum atomic E-state index is -0.629. The van der Waals surface area contributed by atoms with Gasteiger partial charge in [0.25, 0.3) is 0 Å². The summed E-state index contributed by atoms with van der Waals surface area (Å²) in [5, 5.41) is 9.90. The van der Waals surface area contributed by atoms with Crippen LogP contribution in [0.1, 0.15) is 13.8 Å². The molecule has 0 saturated heterocycles. The lowest BCUT2D eigenvalue weighted by Crippen LogP contribution is -2.09. The second-order valence-electron chi connectivity index (χ2n) is 2.98. The van der Waals surface area contributed by atoms with E-state index in [0.717, 1.165) is 5.57 Å². The van der Waals surface area contributed by atoms with Crippen LogP contribution in [0.3, 0.4) is 0 Å². The fourth-order valence-corrected chi connectivity index (χ4v) is 0.624. The Kier molecular flexibility index (Phi) is 5.29. The summed E-state index contributed by atoms with van der Waals surface area (Å²) < 4.78 is 11.9. The highest BCUT2D eigenvalue weighted by atomic mass is 19.1. The summed E-state index contributed by atoms with van der Waals surface area (Å²) in [5.41, 5.74) is 7.49. The molecule has 14 heavy (non-hydrogen) atoms. The van der Waals surface area contributed by atoms with Crippen LogP contribution < -0.4 is 11.1 Å². The van der Waals surface area contributed by atoms with Gasteiger partial charge in [-0.25, -0.2) is 4.39 Å². The monoisotopic (exact) mass is 197 g/mol. The molecular weight excluding hydrogens is 181 g/mol. The fourth-order valence-electron chi connectivity index (χ4n) is 0.624. The van der Waals surface area contributed by atoms with E-state index >= 15 is 0 Å². The third-order valence-electron chi connectivity index (χ3n) is 1.58. The van der Waals surface area contributed by atoms with E-state index in [0.29, 0.717) is 11.4 Å². The highest BCUT2D eigenvalue weighted by molar-refractivity contribution is 5.95. The largest absolute Gasteiger partial charge is 0.398 e. The van der Waals surface area contributed by atoms with Gasteiger partial charge in [0.2, 0.25) is 0 Å². The molecule has 0 aliphatic carbocycles. The molecule has 0 rings (SSSR count). The van der Waals surface area contributed by atoms with Crippen LogP contribution in [-0.4, -0.2) is 12.4 Å². The Labute approximate surface area is 83.7 Å². The standard InChI is InChI=1S/C10H16FN3/c1-7(9(3)12)4-10(13)6-14-8(2)5-11/h4,6,12,14H,2,5,13H2,1,3H3/b7-4-,10-6+,12-9?. The maximum atomic E-state index is 11.9. The number of nitrogens with one attached hydrogen (secondary N) is 2. The van der Waals surface area contributed by atoms with E-state index in [-0.39, 0.29) is 5.70 Å². The first-order valence-corrected chi connectivity index (χ1v) is 4.17. The highest BCUT2D eigenvalue weighted by Crippen LogP contribution is 1.98. The maximum Gasteiger partial charge on any atom is 0.129 e. The van der Waals surface area contributed by atoms with Crippen molar-refractivity contribution in [2.75, 3.05) is 6.67 Å². The van der Waals surface area contributed by atoms with Gasteiger partial charge in [0.05, 0.1) is 0 Å². The summed E-state index contributed by atoms with van der Waals surface area (Å²) in [6.07, 6.45) is 3.09. The number of alkyl halides is 1. The minimum absolute atomic E-state index is 0.255. The lowest BCUT2D eigenvalue weighted by Gasteiger charge is -2.01. The average molecular weight is 197 g/mol. The summed E-state index contributed by atoms with van der Waals surface area (Å²) in [6.45, 7) is 6.24. The molecule has 3 nitrogen and oxygen atoms in total. The molecule has 0 aromatic carbocycles. The molecular formula is C10H16FN3. The molecule has 0 aliphatic heterocycles. The first-order valence-electron chi connectivity index (χ1n) is 4.17. The van der Waals surface area contributed by atoms with Crippen LogP contribution >= 0.6 is 0 Å². The van der Waals surface area contributed by atoms with Crippen LogP contribution in [0.25, 0.3) is 0 Å². The molecule has 0 heterocycles. The van der Waals surface area contributed by atoms with E-state index in [9.17, 15) is 4.39 Å². The van der Waals surface area contributed by atoms with Gasteiger partial charge in [-0.2, -0.15) is 0 Å². The van der Waals surface area contributed by atoms with Gasteiger partial charge in [0.15, 0.2) is 0 Å². The maximum absolute atomic E-state index is 11.9. The van der Waals surface area contributed by atoms with Crippen LogP contribution in [0.4, 0.5) is 4.39 Å². The van der Waals surface area contributed by atoms with E-state index in [1.165, 1.54) is 6.20 Å². The summed E-state index contributed by atoms with van der Waals surface area (Å²) >= 11 is 0. The van der Waals surface area contributed by atoms with Gasteiger partial charge >= 0.3 is 0 Å². The van der Waals surface area contributed by atoms with Crippen LogP contribution in [0.2, 0.25) is 0 Å². The topological polar surface area (TPSA) is 61.9 Å². The Balaban J connectivity index is 4.33. The van der Waals surface area contributed by atoms with E-state index in [2.05, 4.69) is 11.9 Å². The third kappa shape index (κ3) is 5.13. The zero-order valence-corrected chi connectivity index (χ0v) is 8.52. The molecule has 0 aromatic rings. The van der Waals surface area contributed by atoms with E-state index in [1.54, 1.807) is 19.9 Å². The Morgan fingerprint density at radius 3 is 2.57 bits per heavy atom. The number of hydrogen-bond donors (Lipinski definition) is 3. The smallest absolute Gasteiger partial charge is 0.129 e. The third-order valence-corrected chi connectivity index (χ3v) is 1.58. The number of hydrogen-bond acceptors (Lipinski definition) is 3. The predicted molar refractivity (Wildman–Crippen MR) is 57.7 cm³/mol. The Bertz CT molecular complexity index is 290. The second kappa shape index (κ2) is 5.96. The first-order chi connectivity index (χ1) is 6.47. The Hall–Kier alpha value is -1.58. The van der Waals surface area contributed by atoms with Gasteiger partial charge in [0, 0.05) is 23.3 Å². The molecule has 4 N–H and O–H groups in total. The van der Waals surface area contributed by atoms with E-state index in [1.807, 2.05) is 0 Å². The normalized spacial score (nSPS) is 12.5. The molecule has 0 bridgehead atoms. The van der Waals surface area contributed by atoms with Crippen molar-refractivity contribution in [1.29, 1.82) is 5.41 Å². The molecule has 4 heteroatoms. The minimum Gasteiger partial charge on any atom is -0.398 e. The summed E-state index contributed by atoms with van der Waals surface area (Å²) in [7, 11) is 0. The molecule has 0 atom stereocenters. The van der Waals surface area contributed by atoms with Gasteiger partial charge in [-0.15, -0.1) is 0 Å². The van der Waals surface area contributed by atoms with E-state index in [4.69, 9.17) is 11.1 Å². The van der Waals surface area contributed by atoms with E-state index < -0.39 is 6.67 Å². The molecule has 78 valence electrons. The van der Waals surface area contributed by atoms with Crippen molar-refractivity contribution in [3.63, 3.8) is 0 Å². The highest BCUT2D eigenvalue weighted by Gasteiger charge is 1.93. The van der Waals surface area contributed by atoms with Crippen molar-refractivity contribution < 1.29 is 4.39 Å². The van der Waals surface area contributed by atoms with Crippen molar-refractivity contribution >= 4 is 5.71 Å². The zero-order valence-electron chi connectivity index (χ0n) is 8.52. The van der Waals surface area contributed by atoms with Crippen molar-refractivity contribution in [1.82, 2.24) is 5.32 Å². The van der Waals surface area contributed by atoms with Crippen LogP contribution in [0, 0.1) is 5.41 Å².